The van der Waals surface area contributed by atoms with E-state index in [9.17, 15) is 4.79 Å². The maximum atomic E-state index is 11.7. The molecule has 0 saturated carbocycles. The van der Waals surface area contributed by atoms with Crippen molar-refractivity contribution in [3.8, 4) is 0 Å². The summed E-state index contributed by atoms with van der Waals surface area (Å²) in [6.45, 7) is 0. The summed E-state index contributed by atoms with van der Waals surface area (Å²) >= 11 is 3.35. The highest BCUT2D eigenvalue weighted by atomic mass is 79.9. The molecule has 0 unspecified atom stereocenters. The molecule has 1 heterocycles. The number of carbonyl (C=O) groups is 1. The molecule has 76 valence electrons. The fourth-order valence-electron chi connectivity index (χ4n) is 1.31. The monoisotopic (exact) mass is 264 g/mol. The second-order valence-electron chi connectivity index (χ2n) is 3.20. The van der Waals surface area contributed by atoms with Gasteiger partial charge in [0.25, 0.3) is 0 Å². The largest absolute Gasteiger partial charge is 0.461 e. The Morgan fingerprint density at radius 2 is 1.93 bits per heavy atom. The molecule has 0 aliphatic heterocycles. The molecular formula is C12H9BrO2. The Hall–Kier alpha value is -1.35. The van der Waals surface area contributed by atoms with E-state index in [2.05, 4.69) is 15.9 Å². The first-order valence-electron chi connectivity index (χ1n) is 4.57. The van der Waals surface area contributed by atoms with Gasteiger partial charge in [-0.15, -0.1) is 0 Å². The third-order valence-electron chi connectivity index (χ3n) is 2.07. The molecule has 3 heteroatoms. The summed E-state index contributed by atoms with van der Waals surface area (Å²) in [6, 6.07) is 11.1. The van der Waals surface area contributed by atoms with E-state index in [0.717, 1.165) is 10.0 Å². The molecule has 0 aliphatic rings. The second kappa shape index (κ2) is 4.45. The average Bonchev–Trinajstić information content (AvgIpc) is 2.74. The number of rotatable bonds is 3. The number of carbonyl (C=O) groups excluding carboxylic acids is 1. The molecule has 0 saturated heterocycles. The highest BCUT2D eigenvalue weighted by molar-refractivity contribution is 9.10. The summed E-state index contributed by atoms with van der Waals surface area (Å²) in [5.74, 6) is 0.417. The van der Waals surface area contributed by atoms with Crippen molar-refractivity contribution in [1.82, 2.24) is 0 Å². The van der Waals surface area contributed by atoms with Crippen LogP contribution in [0.25, 0.3) is 0 Å². The molecular weight excluding hydrogens is 256 g/mol. The molecule has 2 rings (SSSR count). The van der Waals surface area contributed by atoms with Gasteiger partial charge in [0.2, 0.25) is 5.78 Å². The van der Waals surface area contributed by atoms with Crippen molar-refractivity contribution in [3.63, 3.8) is 0 Å². The number of benzene rings is 1. The lowest BCUT2D eigenvalue weighted by atomic mass is 10.1. The summed E-state index contributed by atoms with van der Waals surface area (Å²) in [5, 5.41) is 0. The van der Waals surface area contributed by atoms with Gasteiger partial charge >= 0.3 is 0 Å². The third kappa shape index (κ3) is 2.57. The first-order chi connectivity index (χ1) is 7.25. The minimum absolute atomic E-state index is 0.00215. The minimum atomic E-state index is 0.00215. The van der Waals surface area contributed by atoms with Gasteiger partial charge in [0.15, 0.2) is 5.76 Å². The van der Waals surface area contributed by atoms with Crippen LogP contribution in [0.5, 0.6) is 0 Å². The zero-order chi connectivity index (χ0) is 10.7. The molecule has 0 radical (unpaired) electrons. The Labute approximate surface area is 96.0 Å². The van der Waals surface area contributed by atoms with E-state index in [1.807, 2.05) is 24.3 Å². The highest BCUT2D eigenvalue weighted by Gasteiger charge is 2.08. The number of hydrogen-bond acceptors (Lipinski definition) is 2. The van der Waals surface area contributed by atoms with Crippen LogP contribution in [-0.2, 0) is 6.42 Å². The molecule has 0 bridgehead atoms. The van der Waals surface area contributed by atoms with Crippen LogP contribution in [0.2, 0.25) is 0 Å². The van der Waals surface area contributed by atoms with Crippen molar-refractivity contribution in [1.29, 1.82) is 0 Å². The zero-order valence-electron chi connectivity index (χ0n) is 7.94. The number of halogens is 1. The first kappa shape index (κ1) is 10.2. The fraction of sp³-hybridized carbons (Fsp3) is 0.0833. The predicted octanol–water partition coefficient (Wildman–Crippen LogP) is 3.47. The van der Waals surface area contributed by atoms with Gasteiger partial charge in [0.1, 0.15) is 0 Å². The topological polar surface area (TPSA) is 30.2 Å². The van der Waals surface area contributed by atoms with Gasteiger partial charge < -0.3 is 4.42 Å². The second-order valence-corrected chi connectivity index (χ2v) is 4.12. The molecule has 1 aromatic carbocycles. The maximum Gasteiger partial charge on any atom is 0.202 e. The SMILES string of the molecule is O=C(Cc1ccc(Br)cc1)c1ccco1. The van der Waals surface area contributed by atoms with Crippen LogP contribution in [-0.4, -0.2) is 5.78 Å². The van der Waals surface area contributed by atoms with Gasteiger partial charge in [0, 0.05) is 10.9 Å². The van der Waals surface area contributed by atoms with Crippen molar-refractivity contribution in [2.24, 2.45) is 0 Å². The standard InChI is InChI=1S/C12H9BrO2/c13-10-5-3-9(4-6-10)8-11(14)12-2-1-7-15-12/h1-7H,8H2. The minimum Gasteiger partial charge on any atom is -0.461 e. The molecule has 0 atom stereocenters. The van der Waals surface area contributed by atoms with Gasteiger partial charge in [-0.3, -0.25) is 4.79 Å². The van der Waals surface area contributed by atoms with Crippen LogP contribution >= 0.6 is 15.9 Å². The smallest absolute Gasteiger partial charge is 0.202 e. The van der Waals surface area contributed by atoms with Gasteiger partial charge in [-0.2, -0.15) is 0 Å². The van der Waals surface area contributed by atoms with Crippen LogP contribution in [0.4, 0.5) is 0 Å². The molecule has 0 spiro atoms. The van der Waals surface area contributed by atoms with Gasteiger partial charge in [-0.05, 0) is 29.8 Å². The molecule has 2 aromatic rings. The molecule has 0 aliphatic carbocycles. The zero-order valence-corrected chi connectivity index (χ0v) is 9.53. The Kier molecular flexibility index (Phi) is 3.02. The lowest BCUT2D eigenvalue weighted by molar-refractivity contribution is 0.0966. The first-order valence-corrected chi connectivity index (χ1v) is 5.36. The third-order valence-corrected chi connectivity index (χ3v) is 2.60. The predicted molar refractivity (Wildman–Crippen MR) is 60.9 cm³/mol. The normalized spacial score (nSPS) is 10.2. The van der Waals surface area contributed by atoms with Crippen LogP contribution in [0, 0.1) is 0 Å². The van der Waals surface area contributed by atoms with E-state index in [-0.39, 0.29) is 5.78 Å². The average molecular weight is 265 g/mol. The van der Waals surface area contributed by atoms with Gasteiger partial charge in [0.05, 0.1) is 6.26 Å². The van der Waals surface area contributed by atoms with E-state index < -0.39 is 0 Å². The van der Waals surface area contributed by atoms with Crippen LogP contribution in [0.3, 0.4) is 0 Å². The summed E-state index contributed by atoms with van der Waals surface area (Å²) < 4.78 is 6.04. The fourth-order valence-corrected chi connectivity index (χ4v) is 1.58. The van der Waals surface area contributed by atoms with Crippen molar-refractivity contribution in [3.05, 3.63) is 58.5 Å². The molecule has 0 fully saturated rings. The van der Waals surface area contributed by atoms with E-state index >= 15 is 0 Å². The molecule has 15 heavy (non-hydrogen) atoms. The van der Waals surface area contributed by atoms with Crippen LogP contribution < -0.4 is 0 Å². The maximum absolute atomic E-state index is 11.7. The van der Waals surface area contributed by atoms with Crippen molar-refractivity contribution in [2.45, 2.75) is 6.42 Å². The van der Waals surface area contributed by atoms with Crippen LogP contribution in [0.15, 0.2) is 51.6 Å². The summed E-state index contributed by atoms with van der Waals surface area (Å²) in [7, 11) is 0. The number of hydrogen-bond donors (Lipinski definition) is 0. The lowest BCUT2D eigenvalue weighted by Gasteiger charge is -1.98. The Morgan fingerprint density at radius 1 is 1.20 bits per heavy atom. The summed E-state index contributed by atoms with van der Waals surface area (Å²) in [6.07, 6.45) is 1.88. The lowest BCUT2D eigenvalue weighted by Crippen LogP contribution is -2.01. The van der Waals surface area contributed by atoms with Crippen LogP contribution in [0.1, 0.15) is 16.1 Å². The molecule has 1 aromatic heterocycles. The Bertz CT molecular complexity index is 443. The van der Waals surface area contributed by atoms with E-state index in [0.29, 0.717) is 12.2 Å². The van der Waals surface area contributed by atoms with Gasteiger partial charge in [-0.25, -0.2) is 0 Å². The van der Waals surface area contributed by atoms with E-state index in [4.69, 9.17) is 4.42 Å². The Balaban J connectivity index is 2.09. The molecule has 0 amide bonds. The number of furan rings is 1. The molecule has 2 nitrogen and oxygen atoms in total. The van der Waals surface area contributed by atoms with Gasteiger partial charge in [-0.1, -0.05) is 28.1 Å². The number of Topliss-reactive ketones (excluding diaryl/α,β-unsaturated/α-hetero) is 1. The Morgan fingerprint density at radius 3 is 2.53 bits per heavy atom. The highest BCUT2D eigenvalue weighted by Crippen LogP contribution is 2.13. The molecule has 0 N–H and O–H groups in total. The van der Waals surface area contributed by atoms with Crippen molar-refractivity contribution < 1.29 is 9.21 Å². The number of ketones is 1. The summed E-state index contributed by atoms with van der Waals surface area (Å²) in [5.41, 5.74) is 0.986. The van der Waals surface area contributed by atoms with E-state index in [1.165, 1.54) is 6.26 Å². The van der Waals surface area contributed by atoms with Crippen molar-refractivity contribution >= 4 is 21.7 Å². The quantitative estimate of drug-likeness (QED) is 0.795. The van der Waals surface area contributed by atoms with Crippen molar-refractivity contribution in [2.75, 3.05) is 0 Å². The van der Waals surface area contributed by atoms with E-state index in [1.54, 1.807) is 12.1 Å². The summed E-state index contributed by atoms with van der Waals surface area (Å²) in [4.78, 5) is 11.7.